The third kappa shape index (κ3) is 4.55. The Labute approximate surface area is 214 Å². The van der Waals surface area contributed by atoms with Crippen LogP contribution in [0.15, 0.2) is 88.7 Å². The van der Waals surface area contributed by atoms with Crippen LogP contribution in [0, 0.1) is 0 Å². The number of allylic oxidation sites excluding steroid dienone is 3. The maximum atomic E-state index is 12.9. The van der Waals surface area contributed by atoms with Gasteiger partial charge in [0.2, 0.25) is 5.91 Å². The van der Waals surface area contributed by atoms with E-state index >= 15 is 0 Å². The number of rotatable bonds is 5. The highest BCUT2D eigenvalue weighted by atomic mass is 16.5. The second kappa shape index (κ2) is 10.1. The van der Waals surface area contributed by atoms with E-state index in [0.717, 1.165) is 50.0 Å². The van der Waals surface area contributed by atoms with Crippen molar-refractivity contribution in [2.45, 2.75) is 70.6 Å². The number of carbonyl (C=O) groups excluding carboxylic acids is 1. The van der Waals surface area contributed by atoms with Crippen LogP contribution in [0.1, 0.15) is 55.7 Å². The molecule has 3 aliphatic heterocycles. The van der Waals surface area contributed by atoms with E-state index in [1.54, 1.807) is 5.57 Å². The van der Waals surface area contributed by atoms with Crippen LogP contribution in [0.4, 0.5) is 0 Å². The summed E-state index contributed by atoms with van der Waals surface area (Å²) in [5.41, 5.74) is 9.10. The Hall–Kier alpha value is -3.11. The molecule has 2 aromatic rings. The van der Waals surface area contributed by atoms with Crippen molar-refractivity contribution in [3.8, 4) is 0 Å². The SMILES string of the molecule is CCNC(=O)C1=CC2=C(Cc3ccccc3CO2)C(=C2CC3CCC(C2)N3CCc2ccccc2)C1. The van der Waals surface area contributed by atoms with Gasteiger partial charge in [0.05, 0.1) is 0 Å². The van der Waals surface area contributed by atoms with Gasteiger partial charge in [0.15, 0.2) is 0 Å². The second-order valence-corrected chi connectivity index (χ2v) is 10.6. The number of ether oxygens (including phenoxy) is 1. The quantitative estimate of drug-likeness (QED) is 0.602. The van der Waals surface area contributed by atoms with Gasteiger partial charge >= 0.3 is 0 Å². The zero-order chi connectivity index (χ0) is 24.5. The Morgan fingerprint density at radius 2 is 1.67 bits per heavy atom. The number of carbonyl (C=O) groups is 1. The zero-order valence-corrected chi connectivity index (χ0v) is 21.3. The number of amides is 1. The molecule has 2 fully saturated rings. The fourth-order valence-electron chi connectivity index (χ4n) is 6.66. The van der Waals surface area contributed by atoms with Crippen LogP contribution < -0.4 is 5.32 Å². The van der Waals surface area contributed by atoms with E-state index in [1.807, 2.05) is 13.0 Å². The number of hydrogen-bond donors (Lipinski definition) is 1. The molecule has 4 nitrogen and oxygen atoms in total. The Kier molecular flexibility index (Phi) is 6.54. The minimum Gasteiger partial charge on any atom is -0.489 e. The lowest BCUT2D eigenvalue weighted by Gasteiger charge is -2.38. The molecule has 1 aliphatic carbocycles. The number of benzene rings is 2. The van der Waals surface area contributed by atoms with Gasteiger partial charge in [-0.15, -0.1) is 0 Å². The van der Waals surface area contributed by atoms with Crippen LogP contribution in [-0.4, -0.2) is 36.0 Å². The highest BCUT2D eigenvalue weighted by Gasteiger charge is 2.40. The molecule has 2 unspecified atom stereocenters. The summed E-state index contributed by atoms with van der Waals surface area (Å²) in [6.07, 6.45) is 9.51. The van der Waals surface area contributed by atoms with Crippen molar-refractivity contribution in [1.29, 1.82) is 0 Å². The van der Waals surface area contributed by atoms with Gasteiger partial charge in [0, 0.05) is 49.2 Å². The molecule has 0 aromatic heterocycles. The largest absolute Gasteiger partial charge is 0.489 e. The van der Waals surface area contributed by atoms with Gasteiger partial charge in [-0.3, -0.25) is 9.69 Å². The monoisotopic (exact) mass is 480 g/mol. The predicted octanol–water partition coefficient (Wildman–Crippen LogP) is 5.65. The molecule has 36 heavy (non-hydrogen) atoms. The van der Waals surface area contributed by atoms with E-state index in [0.29, 0.717) is 25.2 Å². The van der Waals surface area contributed by atoms with E-state index in [2.05, 4.69) is 64.8 Å². The lowest BCUT2D eigenvalue weighted by molar-refractivity contribution is -0.117. The number of nitrogens with zero attached hydrogens (tertiary/aromatic N) is 1. The first-order chi connectivity index (χ1) is 17.7. The van der Waals surface area contributed by atoms with Crippen molar-refractivity contribution < 1.29 is 9.53 Å². The molecule has 2 saturated heterocycles. The van der Waals surface area contributed by atoms with E-state index in [1.165, 1.54) is 40.7 Å². The van der Waals surface area contributed by atoms with Crippen molar-refractivity contribution in [2.24, 2.45) is 0 Å². The summed E-state index contributed by atoms with van der Waals surface area (Å²) in [5.74, 6) is 0.941. The highest BCUT2D eigenvalue weighted by Crippen LogP contribution is 2.45. The lowest BCUT2D eigenvalue weighted by atomic mass is 9.80. The first kappa shape index (κ1) is 23.3. The minimum atomic E-state index is 0.0378. The summed E-state index contributed by atoms with van der Waals surface area (Å²) >= 11 is 0. The van der Waals surface area contributed by atoms with Gasteiger partial charge in [0.1, 0.15) is 12.4 Å². The molecule has 0 spiro atoms. The Balaban J connectivity index is 1.30. The van der Waals surface area contributed by atoms with Crippen LogP contribution in [0.5, 0.6) is 0 Å². The third-order valence-electron chi connectivity index (χ3n) is 8.50. The normalized spacial score (nSPS) is 23.4. The van der Waals surface area contributed by atoms with Gasteiger partial charge in [-0.25, -0.2) is 0 Å². The molecule has 2 atom stereocenters. The molecule has 0 saturated carbocycles. The molecule has 6 rings (SSSR count). The van der Waals surface area contributed by atoms with Gasteiger partial charge in [-0.2, -0.15) is 0 Å². The molecule has 4 heteroatoms. The average Bonchev–Trinajstić information content (AvgIpc) is 3.06. The van der Waals surface area contributed by atoms with E-state index < -0.39 is 0 Å². The summed E-state index contributed by atoms with van der Waals surface area (Å²) in [6.45, 7) is 4.32. The van der Waals surface area contributed by atoms with Gasteiger partial charge in [-0.05, 0) is 67.4 Å². The topological polar surface area (TPSA) is 41.6 Å². The number of piperidine rings is 1. The van der Waals surface area contributed by atoms with Crippen molar-refractivity contribution in [3.05, 3.63) is 105 Å². The molecule has 1 N–H and O–H groups in total. The maximum absolute atomic E-state index is 12.9. The highest BCUT2D eigenvalue weighted by molar-refractivity contribution is 5.95. The summed E-state index contributed by atoms with van der Waals surface area (Å²) in [7, 11) is 0. The molecule has 0 radical (unpaired) electrons. The molecule has 2 bridgehead atoms. The summed E-state index contributed by atoms with van der Waals surface area (Å²) in [5, 5.41) is 3.02. The first-order valence-electron chi connectivity index (χ1n) is 13.6. The molecule has 3 heterocycles. The van der Waals surface area contributed by atoms with Crippen LogP contribution >= 0.6 is 0 Å². The van der Waals surface area contributed by atoms with Crippen molar-refractivity contribution >= 4 is 5.91 Å². The molecule has 1 amide bonds. The summed E-state index contributed by atoms with van der Waals surface area (Å²) in [4.78, 5) is 15.7. The van der Waals surface area contributed by atoms with Crippen LogP contribution in [0.25, 0.3) is 0 Å². The van der Waals surface area contributed by atoms with Gasteiger partial charge in [-0.1, -0.05) is 60.2 Å². The second-order valence-electron chi connectivity index (χ2n) is 10.6. The van der Waals surface area contributed by atoms with E-state index in [-0.39, 0.29) is 5.91 Å². The molecule has 186 valence electrons. The molecular weight excluding hydrogens is 444 g/mol. The number of likely N-dealkylation sites (N-methyl/N-ethyl adjacent to an activating group) is 1. The fraction of sp³-hybridized carbons (Fsp3) is 0.406. The fourth-order valence-corrected chi connectivity index (χ4v) is 6.66. The number of hydrogen-bond acceptors (Lipinski definition) is 3. The third-order valence-corrected chi connectivity index (χ3v) is 8.50. The number of fused-ring (bicyclic) bond motifs is 3. The van der Waals surface area contributed by atoms with Crippen molar-refractivity contribution in [3.63, 3.8) is 0 Å². The Morgan fingerprint density at radius 3 is 2.42 bits per heavy atom. The number of nitrogens with one attached hydrogen (secondary N) is 1. The molecule has 4 aliphatic rings. The smallest absolute Gasteiger partial charge is 0.247 e. The average molecular weight is 481 g/mol. The lowest BCUT2D eigenvalue weighted by Crippen LogP contribution is -2.42. The summed E-state index contributed by atoms with van der Waals surface area (Å²) in [6, 6.07) is 20.7. The zero-order valence-electron chi connectivity index (χ0n) is 21.3. The van der Waals surface area contributed by atoms with Crippen LogP contribution in [0.3, 0.4) is 0 Å². The standard InChI is InChI=1S/C32H36N2O2/c1-2-33-32(35)26-19-29(30-18-23-10-6-7-11-24(23)21-36-31(30)20-26)25-16-27-12-13-28(17-25)34(27)15-14-22-8-4-3-5-9-22/h3-11,20,27-28H,2,12-19,21H2,1H3,(H,33,35). The summed E-state index contributed by atoms with van der Waals surface area (Å²) < 4.78 is 6.37. The van der Waals surface area contributed by atoms with Gasteiger partial charge in [0.25, 0.3) is 0 Å². The van der Waals surface area contributed by atoms with Gasteiger partial charge < -0.3 is 10.1 Å². The van der Waals surface area contributed by atoms with Crippen molar-refractivity contribution in [1.82, 2.24) is 10.2 Å². The van der Waals surface area contributed by atoms with Crippen LogP contribution in [0.2, 0.25) is 0 Å². The first-order valence-corrected chi connectivity index (χ1v) is 13.6. The van der Waals surface area contributed by atoms with Crippen molar-refractivity contribution in [2.75, 3.05) is 13.1 Å². The molecular formula is C32H36N2O2. The Bertz CT molecular complexity index is 1220. The predicted molar refractivity (Wildman–Crippen MR) is 143 cm³/mol. The maximum Gasteiger partial charge on any atom is 0.247 e. The van der Waals surface area contributed by atoms with E-state index in [9.17, 15) is 4.79 Å². The minimum absolute atomic E-state index is 0.0378. The molecule has 2 aromatic carbocycles. The van der Waals surface area contributed by atoms with Crippen LogP contribution in [-0.2, 0) is 29.0 Å². The Morgan fingerprint density at radius 1 is 0.944 bits per heavy atom. The van der Waals surface area contributed by atoms with E-state index in [4.69, 9.17) is 4.74 Å².